The van der Waals surface area contributed by atoms with E-state index in [-0.39, 0.29) is 10.6 Å². The van der Waals surface area contributed by atoms with Crippen LogP contribution in [-0.2, 0) is 6.54 Å². The van der Waals surface area contributed by atoms with Crippen molar-refractivity contribution in [2.45, 2.75) is 38.3 Å². The quantitative estimate of drug-likeness (QED) is 0.610. The van der Waals surface area contributed by atoms with E-state index in [1.807, 2.05) is 17.0 Å². The summed E-state index contributed by atoms with van der Waals surface area (Å²) in [6.45, 7) is 5.87. The molecule has 0 aromatic heterocycles. The molecule has 5 nitrogen and oxygen atoms in total. The third-order valence-corrected chi connectivity index (χ3v) is 6.44. The molecule has 0 amide bonds. The summed E-state index contributed by atoms with van der Waals surface area (Å²) in [6.07, 6.45) is 5.93. The van der Waals surface area contributed by atoms with Crippen molar-refractivity contribution in [3.63, 3.8) is 0 Å². The number of nitrogens with one attached hydrogen (secondary N) is 2. The van der Waals surface area contributed by atoms with Crippen LogP contribution in [0.5, 0.6) is 0 Å². The van der Waals surface area contributed by atoms with Crippen molar-refractivity contribution in [3.05, 3.63) is 39.9 Å². The second kappa shape index (κ2) is 6.21. The molecule has 0 unspecified atom stereocenters. The fourth-order valence-electron chi connectivity index (χ4n) is 5.29. The summed E-state index contributed by atoms with van der Waals surface area (Å²) in [4.78, 5) is 14.0. The van der Waals surface area contributed by atoms with Crippen LogP contribution in [0.25, 0.3) is 0 Å². The number of benzene rings is 1. The second-order valence-electron chi connectivity index (χ2n) is 7.79. The number of quaternary nitrogens is 2. The molecule has 4 rings (SSSR count). The van der Waals surface area contributed by atoms with Crippen molar-refractivity contribution in [2.24, 2.45) is 11.8 Å². The number of rotatable bonds is 4. The summed E-state index contributed by atoms with van der Waals surface area (Å²) in [5.41, 5.74) is 1.31. The Morgan fingerprint density at radius 3 is 2.61 bits per heavy atom. The molecule has 124 valence electrons. The zero-order valence-corrected chi connectivity index (χ0v) is 13.7. The van der Waals surface area contributed by atoms with Crippen molar-refractivity contribution < 1.29 is 14.7 Å². The fourth-order valence-corrected chi connectivity index (χ4v) is 5.29. The van der Waals surface area contributed by atoms with Crippen molar-refractivity contribution in [1.82, 2.24) is 0 Å². The third kappa shape index (κ3) is 3.12. The summed E-state index contributed by atoms with van der Waals surface area (Å²) in [6, 6.07) is 8.09. The summed E-state index contributed by atoms with van der Waals surface area (Å²) >= 11 is 0. The summed E-state index contributed by atoms with van der Waals surface area (Å²) in [7, 11) is 0. The molecule has 2 bridgehead atoms. The number of fused-ring (bicyclic) bond motifs is 2. The Labute approximate surface area is 137 Å². The Morgan fingerprint density at radius 1 is 1.13 bits per heavy atom. The standard InChI is InChI=1S/C18H25N3O2/c22-21(23)17-3-1-2-15(11-17)13-19-6-8-20(9-7-19)18-12-14-4-5-16(18)10-14/h1-3,11,14,16,18H,4-10,12-13H2/p+2/t14-,16+,18+/m0/s1. The Hall–Kier alpha value is -1.46. The van der Waals surface area contributed by atoms with E-state index in [9.17, 15) is 10.1 Å². The molecule has 1 heterocycles. The molecule has 2 aliphatic carbocycles. The largest absolute Gasteiger partial charge is 0.323 e. The molecule has 1 aromatic carbocycles. The fraction of sp³-hybridized carbons (Fsp3) is 0.667. The normalized spacial score (nSPS) is 36.3. The lowest BCUT2D eigenvalue weighted by Gasteiger charge is -2.36. The van der Waals surface area contributed by atoms with E-state index in [0.29, 0.717) is 0 Å². The first-order valence-electron chi connectivity index (χ1n) is 9.10. The average Bonchev–Trinajstić information content (AvgIpc) is 3.19. The number of hydrogen-bond acceptors (Lipinski definition) is 2. The molecular formula is C18H27N3O2+2. The van der Waals surface area contributed by atoms with Gasteiger partial charge in [0.2, 0.25) is 0 Å². The zero-order valence-electron chi connectivity index (χ0n) is 13.7. The lowest BCUT2D eigenvalue weighted by Crippen LogP contribution is -3.29. The van der Waals surface area contributed by atoms with Gasteiger partial charge in [0.25, 0.3) is 5.69 Å². The van der Waals surface area contributed by atoms with Gasteiger partial charge in [-0.25, -0.2) is 0 Å². The van der Waals surface area contributed by atoms with Crippen LogP contribution in [0.15, 0.2) is 24.3 Å². The number of nitro benzene ring substituents is 1. The highest BCUT2D eigenvalue weighted by Crippen LogP contribution is 2.43. The van der Waals surface area contributed by atoms with Crippen LogP contribution in [0.3, 0.4) is 0 Å². The van der Waals surface area contributed by atoms with E-state index in [1.54, 1.807) is 17.0 Å². The monoisotopic (exact) mass is 317 g/mol. The molecule has 2 saturated carbocycles. The molecule has 1 saturated heterocycles. The zero-order chi connectivity index (χ0) is 15.8. The lowest BCUT2D eigenvalue weighted by atomic mass is 9.93. The lowest BCUT2D eigenvalue weighted by molar-refractivity contribution is -1.03. The predicted molar refractivity (Wildman–Crippen MR) is 87.4 cm³/mol. The molecule has 3 aliphatic rings. The van der Waals surface area contributed by atoms with Gasteiger partial charge in [-0.05, 0) is 25.2 Å². The van der Waals surface area contributed by atoms with Gasteiger partial charge in [0, 0.05) is 30.0 Å². The maximum Gasteiger partial charge on any atom is 0.269 e. The summed E-state index contributed by atoms with van der Waals surface area (Å²) in [5, 5.41) is 10.9. The Morgan fingerprint density at radius 2 is 1.96 bits per heavy atom. The first-order chi connectivity index (χ1) is 11.2. The Kier molecular flexibility index (Phi) is 4.07. The molecule has 1 aromatic rings. The predicted octanol–water partition coefficient (Wildman–Crippen LogP) is 0.0668. The highest BCUT2D eigenvalue weighted by Gasteiger charge is 2.46. The van der Waals surface area contributed by atoms with E-state index in [1.165, 1.54) is 51.9 Å². The minimum absolute atomic E-state index is 0.216. The van der Waals surface area contributed by atoms with Crippen LogP contribution in [0.2, 0.25) is 0 Å². The first-order valence-corrected chi connectivity index (χ1v) is 9.10. The molecular weight excluding hydrogens is 290 g/mol. The van der Waals surface area contributed by atoms with Crippen molar-refractivity contribution >= 4 is 5.69 Å². The Bertz CT molecular complexity index is 583. The van der Waals surface area contributed by atoms with Gasteiger partial charge in [-0.2, -0.15) is 0 Å². The molecule has 3 atom stereocenters. The van der Waals surface area contributed by atoms with E-state index in [4.69, 9.17) is 0 Å². The minimum atomic E-state index is -0.296. The van der Waals surface area contributed by atoms with Crippen molar-refractivity contribution in [1.29, 1.82) is 0 Å². The summed E-state index contributed by atoms with van der Waals surface area (Å²) < 4.78 is 0. The van der Waals surface area contributed by atoms with Crippen LogP contribution < -0.4 is 9.80 Å². The van der Waals surface area contributed by atoms with Crippen LogP contribution in [0, 0.1) is 22.0 Å². The van der Waals surface area contributed by atoms with Gasteiger partial charge >= 0.3 is 0 Å². The van der Waals surface area contributed by atoms with Gasteiger partial charge in [0.1, 0.15) is 32.7 Å². The molecule has 3 fully saturated rings. The third-order valence-electron chi connectivity index (χ3n) is 6.44. The highest BCUT2D eigenvalue weighted by atomic mass is 16.6. The first kappa shape index (κ1) is 15.1. The smallest absolute Gasteiger partial charge is 0.269 e. The summed E-state index contributed by atoms with van der Waals surface area (Å²) in [5.74, 6) is 2.04. The SMILES string of the molecule is O=[N+]([O-])c1cccc(C[NH+]2CC[NH+]([C@@H]3C[C@H]4CC[C@@H]3C4)CC2)c1. The average molecular weight is 317 g/mol. The van der Waals surface area contributed by atoms with E-state index >= 15 is 0 Å². The van der Waals surface area contributed by atoms with E-state index in [0.717, 1.165) is 30.0 Å². The molecule has 2 N–H and O–H groups in total. The van der Waals surface area contributed by atoms with Crippen molar-refractivity contribution in [3.8, 4) is 0 Å². The number of non-ortho nitro benzene ring substituents is 1. The molecule has 1 aliphatic heterocycles. The number of piperazine rings is 1. The van der Waals surface area contributed by atoms with E-state index < -0.39 is 0 Å². The van der Waals surface area contributed by atoms with Gasteiger partial charge in [0.05, 0.1) is 11.0 Å². The van der Waals surface area contributed by atoms with Crippen LogP contribution in [0.1, 0.15) is 31.2 Å². The van der Waals surface area contributed by atoms with Crippen molar-refractivity contribution in [2.75, 3.05) is 26.2 Å². The molecule has 23 heavy (non-hydrogen) atoms. The maximum atomic E-state index is 10.9. The van der Waals surface area contributed by atoms with Gasteiger partial charge in [0.15, 0.2) is 0 Å². The highest BCUT2D eigenvalue weighted by molar-refractivity contribution is 5.33. The molecule has 0 radical (unpaired) electrons. The Balaban J connectivity index is 1.31. The van der Waals surface area contributed by atoms with Gasteiger partial charge < -0.3 is 9.80 Å². The number of nitrogens with zero attached hydrogens (tertiary/aromatic N) is 1. The maximum absolute atomic E-state index is 10.9. The van der Waals surface area contributed by atoms with Crippen LogP contribution in [0.4, 0.5) is 5.69 Å². The van der Waals surface area contributed by atoms with E-state index in [2.05, 4.69) is 0 Å². The second-order valence-corrected chi connectivity index (χ2v) is 7.79. The molecule has 0 spiro atoms. The minimum Gasteiger partial charge on any atom is -0.323 e. The topological polar surface area (TPSA) is 52.0 Å². The van der Waals surface area contributed by atoms with Gasteiger partial charge in [-0.1, -0.05) is 12.1 Å². The number of nitro groups is 1. The van der Waals surface area contributed by atoms with Gasteiger partial charge in [-0.3, -0.25) is 10.1 Å². The van der Waals surface area contributed by atoms with Crippen LogP contribution in [-0.4, -0.2) is 37.1 Å². The number of hydrogen-bond donors (Lipinski definition) is 2. The molecule has 5 heteroatoms. The van der Waals surface area contributed by atoms with Gasteiger partial charge in [-0.15, -0.1) is 0 Å². The van der Waals surface area contributed by atoms with Crippen LogP contribution >= 0.6 is 0 Å².